The lowest BCUT2D eigenvalue weighted by Gasteiger charge is -2.28. The number of likely N-dealkylation sites (tertiary alicyclic amines) is 1. The molecule has 0 spiro atoms. The van der Waals surface area contributed by atoms with Gasteiger partial charge in [0.2, 0.25) is 5.91 Å². The van der Waals surface area contributed by atoms with Gasteiger partial charge < -0.3 is 10.0 Å². The number of aliphatic hydroxyl groups excluding tert-OH is 1. The Kier molecular flexibility index (Phi) is 3.29. The number of anilines is 1. The second kappa shape index (κ2) is 4.94. The van der Waals surface area contributed by atoms with Crippen LogP contribution in [0.15, 0.2) is 24.3 Å². The summed E-state index contributed by atoms with van der Waals surface area (Å²) in [4.78, 5) is 16.6. The molecule has 1 amide bonds. The normalized spacial score (nSPS) is 24.5. The summed E-state index contributed by atoms with van der Waals surface area (Å²) in [6.45, 7) is 4.15. The molecule has 1 fully saturated rings. The highest BCUT2D eigenvalue weighted by Gasteiger charge is 2.33. The lowest BCUT2D eigenvalue weighted by Crippen LogP contribution is -2.46. The zero-order valence-corrected chi connectivity index (χ0v) is 11.2. The van der Waals surface area contributed by atoms with Crippen LogP contribution in [0.3, 0.4) is 0 Å². The van der Waals surface area contributed by atoms with E-state index >= 15 is 0 Å². The summed E-state index contributed by atoms with van der Waals surface area (Å²) in [7, 11) is 0. The predicted molar refractivity (Wildman–Crippen MR) is 74.2 cm³/mol. The van der Waals surface area contributed by atoms with Gasteiger partial charge in [-0.3, -0.25) is 9.69 Å². The Morgan fingerprint density at radius 2 is 2.16 bits per heavy atom. The first kappa shape index (κ1) is 12.6. The molecule has 1 saturated heterocycles. The Morgan fingerprint density at radius 3 is 2.89 bits per heavy atom. The molecule has 0 radical (unpaired) electrons. The zero-order valence-electron chi connectivity index (χ0n) is 11.2. The van der Waals surface area contributed by atoms with Gasteiger partial charge in [-0.1, -0.05) is 18.2 Å². The molecule has 1 unspecified atom stereocenters. The van der Waals surface area contributed by atoms with E-state index in [4.69, 9.17) is 0 Å². The van der Waals surface area contributed by atoms with Gasteiger partial charge in [-0.25, -0.2) is 0 Å². The number of carbonyl (C=O) groups is 1. The van der Waals surface area contributed by atoms with E-state index in [1.54, 1.807) is 0 Å². The number of para-hydroxylation sites is 1. The Bertz CT molecular complexity index is 489. The molecule has 0 aromatic heterocycles. The number of benzene rings is 1. The maximum absolute atomic E-state index is 12.6. The molecule has 2 aliphatic rings. The summed E-state index contributed by atoms with van der Waals surface area (Å²) in [6, 6.07) is 7.96. The first-order valence-corrected chi connectivity index (χ1v) is 6.98. The van der Waals surface area contributed by atoms with E-state index in [2.05, 4.69) is 11.0 Å². The molecule has 0 aliphatic carbocycles. The van der Waals surface area contributed by atoms with Gasteiger partial charge in [-0.05, 0) is 31.4 Å². The second-order valence-corrected chi connectivity index (χ2v) is 5.48. The SMILES string of the molecule is CC(C(=O)N1CCc2ccccc21)N1CC[C@H](O)C1. The van der Waals surface area contributed by atoms with Crippen molar-refractivity contribution in [3.05, 3.63) is 29.8 Å². The van der Waals surface area contributed by atoms with Crippen LogP contribution in [0.1, 0.15) is 18.9 Å². The van der Waals surface area contributed by atoms with E-state index in [1.807, 2.05) is 30.0 Å². The van der Waals surface area contributed by atoms with E-state index in [1.165, 1.54) is 5.56 Å². The van der Waals surface area contributed by atoms with Crippen molar-refractivity contribution in [2.45, 2.75) is 31.9 Å². The maximum Gasteiger partial charge on any atom is 0.244 e. The van der Waals surface area contributed by atoms with Crippen LogP contribution in [-0.2, 0) is 11.2 Å². The van der Waals surface area contributed by atoms with Crippen molar-refractivity contribution in [3.8, 4) is 0 Å². The molecule has 1 aromatic carbocycles. The molecule has 4 heteroatoms. The maximum atomic E-state index is 12.6. The highest BCUT2D eigenvalue weighted by Crippen LogP contribution is 2.28. The number of hydrogen-bond acceptors (Lipinski definition) is 3. The Morgan fingerprint density at radius 1 is 1.37 bits per heavy atom. The lowest BCUT2D eigenvalue weighted by molar-refractivity contribution is -0.122. The molecule has 1 aromatic rings. The van der Waals surface area contributed by atoms with Crippen LogP contribution in [0.5, 0.6) is 0 Å². The highest BCUT2D eigenvalue weighted by molar-refractivity contribution is 5.98. The van der Waals surface area contributed by atoms with Crippen LogP contribution < -0.4 is 4.90 Å². The average Bonchev–Trinajstić information content (AvgIpc) is 3.03. The fraction of sp³-hybridized carbons (Fsp3) is 0.533. The molecule has 102 valence electrons. The Labute approximate surface area is 113 Å². The Hall–Kier alpha value is -1.39. The minimum Gasteiger partial charge on any atom is -0.392 e. The van der Waals surface area contributed by atoms with Gasteiger partial charge in [0.05, 0.1) is 12.1 Å². The fourth-order valence-corrected chi connectivity index (χ4v) is 3.07. The molecule has 2 heterocycles. The van der Waals surface area contributed by atoms with E-state index in [-0.39, 0.29) is 18.1 Å². The van der Waals surface area contributed by atoms with Crippen molar-refractivity contribution >= 4 is 11.6 Å². The van der Waals surface area contributed by atoms with Crippen LogP contribution in [-0.4, -0.2) is 47.7 Å². The monoisotopic (exact) mass is 260 g/mol. The summed E-state index contributed by atoms with van der Waals surface area (Å²) in [5.41, 5.74) is 2.31. The predicted octanol–water partition coefficient (Wildman–Crippen LogP) is 1.03. The molecular formula is C15H20N2O2. The Balaban J connectivity index is 1.75. The summed E-state index contributed by atoms with van der Waals surface area (Å²) in [5.74, 6) is 0.152. The largest absolute Gasteiger partial charge is 0.392 e. The van der Waals surface area contributed by atoms with Crippen LogP contribution in [0.4, 0.5) is 5.69 Å². The molecule has 19 heavy (non-hydrogen) atoms. The number of hydrogen-bond donors (Lipinski definition) is 1. The van der Waals surface area contributed by atoms with Gasteiger partial charge in [0, 0.05) is 25.3 Å². The topological polar surface area (TPSA) is 43.8 Å². The third-order valence-corrected chi connectivity index (χ3v) is 4.25. The molecule has 0 saturated carbocycles. The van der Waals surface area contributed by atoms with Crippen molar-refractivity contribution in [1.29, 1.82) is 0 Å². The highest BCUT2D eigenvalue weighted by atomic mass is 16.3. The molecular weight excluding hydrogens is 240 g/mol. The van der Waals surface area contributed by atoms with E-state index < -0.39 is 0 Å². The standard InChI is InChI=1S/C15H20N2O2/c1-11(16-8-7-13(18)10-16)15(19)17-9-6-12-4-2-3-5-14(12)17/h2-5,11,13,18H,6-10H2,1H3/t11?,13-/m0/s1. The van der Waals surface area contributed by atoms with E-state index in [9.17, 15) is 9.90 Å². The lowest BCUT2D eigenvalue weighted by atomic mass is 10.2. The number of nitrogens with zero attached hydrogens (tertiary/aromatic N) is 2. The molecule has 2 atom stereocenters. The second-order valence-electron chi connectivity index (χ2n) is 5.48. The third kappa shape index (κ3) is 2.26. The van der Waals surface area contributed by atoms with Gasteiger partial charge >= 0.3 is 0 Å². The van der Waals surface area contributed by atoms with Crippen LogP contribution in [0.2, 0.25) is 0 Å². The number of rotatable bonds is 2. The van der Waals surface area contributed by atoms with Gasteiger partial charge in [0.1, 0.15) is 0 Å². The van der Waals surface area contributed by atoms with Crippen molar-refractivity contribution in [2.75, 3.05) is 24.5 Å². The minimum absolute atomic E-state index is 0.150. The molecule has 0 bridgehead atoms. The summed E-state index contributed by atoms with van der Waals surface area (Å²) >= 11 is 0. The van der Waals surface area contributed by atoms with E-state index in [0.29, 0.717) is 6.54 Å². The molecule has 2 aliphatic heterocycles. The zero-order chi connectivity index (χ0) is 13.4. The molecule has 4 nitrogen and oxygen atoms in total. The summed E-state index contributed by atoms with van der Waals surface area (Å²) < 4.78 is 0. The minimum atomic E-state index is -0.277. The number of fused-ring (bicyclic) bond motifs is 1. The number of β-amino-alcohol motifs (C(OH)–C–C–N with tert-alkyl or cyclic N) is 1. The number of aliphatic hydroxyl groups is 1. The van der Waals surface area contributed by atoms with Gasteiger partial charge in [-0.2, -0.15) is 0 Å². The average molecular weight is 260 g/mol. The van der Waals surface area contributed by atoms with Gasteiger partial charge in [0.25, 0.3) is 0 Å². The third-order valence-electron chi connectivity index (χ3n) is 4.25. The first-order valence-electron chi connectivity index (χ1n) is 6.98. The summed E-state index contributed by atoms with van der Waals surface area (Å²) in [5, 5.41) is 9.59. The van der Waals surface area contributed by atoms with Crippen LogP contribution in [0, 0.1) is 0 Å². The number of amides is 1. The first-order chi connectivity index (χ1) is 9.16. The van der Waals surface area contributed by atoms with Crippen LogP contribution in [0.25, 0.3) is 0 Å². The van der Waals surface area contributed by atoms with Crippen molar-refractivity contribution in [3.63, 3.8) is 0 Å². The van der Waals surface area contributed by atoms with Crippen molar-refractivity contribution in [1.82, 2.24) is 4.90 Å². The van der Waals surface area contributed by atoms with Gasteiger partial charge in [-0.15, -0.1) is 0 Å². The van der Waals surface area contributed by atoms with Crippen molar-refractivity contribution in [2.24, 2.45) is 0 Å². The van der Waals surface area contributed by atoms with Gasteiger partial charge in [0.15, 0.2) is 0 Å². The van der Waals surface area contributed by atoms with Crippen molar-refractivity contribution < 1.29 is 9.90 Å². The quantitative estimate of drug-likeness (QED) is 0.864. The molecule has 1 N–H and O–H groups in total. The fourth-order valence-electron chi connectivity index (χ4n) is 3.07. The number of carbonyl (C=O) groups excluding carboxylic acids is 1. The smallest absolute Gasteiger partial charge is 0.244 e. The summed E-state index contributed by atoms with van der Waals surface area (Å²) in [6.07, 6.45) is 1.44. The molecule has 3 rings (SSSR count). The van der Waals surface area contributed by atoms with E-state index in [0.717, 1.165) is 31.6 Å². The van der Waals surface area contributed by atoms with Crippen LogP contribution >= 0.6 is 0 Å².